The maximum atomic E-state index is 9.84. The van der Waals surface area contributed by atoms with Crippen molar-refractivity contribution in [3.8, 4) is 11.5 Å². The van der Waals surface area contributed by atoms with Gasteiger partial charge in [0.15, 0.2) is 0 Å². The molecule has 2 N–H and O–H groups in total. The molecule has 41 heavy (non-hydrogen) atoms. The number of aryl methyl sites for hydroxylation is 2. The molecule has 7 nitrogen and oxygen atoms in total. The number of hydrogen-bond donors (Lipinski definition) is 1. The second-order valence-corrected chi connectivity index (χ2v) is 10.5. The highest BCUT2D eigenvalue weighted by Gasteiger charge is 2.31. The maximum absolute atomic E-state index is 9.84. The molecule has 0 aliphatic carbocycles. The molecule has 2 heterocycles. The van der Waals surface area contributed by atoms with Gasteiger partial charge in [0.1, 0.15) is 11.5 Å². The Kier molecular flexibility index (Phi) is 11.8. The first-order valence-electron chi connectivity index (χ1n) is 14.4. The standard InChI is InChI=1S/C24H32N4O.C8H8O2.C2H6/c1-17-6-11-22-21(16-17)20-12-14-27(4)23(24(20)28(22)25)18-7-9-19(10-8-18)29-15-5-13-26(2)3;1-7-2-4-8(5-3-7)10-6-9;1-2/h6-11,16,23H,5,12-15,25H2,1-4H3;2-6H,1H3;1-2H3. The zero-order valence-corrected chi connectivity index (χ0v) is 25.7. The van der Waals surface area contributed by atoms with Crippen LogP contribution in [-0.4, -0.2) is 61.8 Å². The Labute approximate surface area is 245 Å². The van der Waals surface area contributed by atoms with Gasteiger partial charge >= 0.3 is 0 Å². The van der Waals surface area contributed by atoms with Crippen molar-refractivity contribution in [2.75, 3.05) is 46.7 Å². The number of likely N-dealkylation sites (N-methyl/N-ethyl adjacent to an activating group) is 1. The Morgan fingerprint density at radius 1 is 0.951 bits per heavy atom. The van der Waals surface area contributed by atoms with E-state index in [1.54, 1.807) is 12.1 Å². The summed E-state index contributed by atoms with van der Waals surface area (Å²) in [5.41, 5.74) is 7.38. The van der Waals surface area contributed by atoms with E-state index in [0.29, 0.717) is 12.2 Å². The van der Waals surface area contributed by atoms with Crippen LogP contribution in [0.25, 0.3) is 10.9 Å². The number of hydrogen-bond acceptors (Lipinski definition) is 6. The highest BCUT2D eigenvalue weighted by atomic mass is 16.5. The number of nitrogens with zero attached hydrogens (tertiary/aromatic N) is 3. The van der Waals surface area contributed by atoms with Crippen molar-refractivity contribution in [3.63, 3.8) is 0 Å². The normalized spacial score (nSPS) is 14.4. The molecule has 1 unspecified atom stereocenters. The number of aromatic nitrogens is 1. The molecule has 0 amide bonds. The van der Waals surface area contributed by atoms with Crippen LogP contribution in [0.5, 0.6) is 11.5 Å². The molecule has 4 aromatic rings. The molecular weight excluding hydrogens is 512 g/mol. The van der Waals surface area contributed by atoms with Crippen molar-refractivity contribution in [3.05, 3.63) is 94.7 Å². The lowest BCUT2D eigenvalue weighted by Gasteiger charge is -2.34. The molecule has 1 atom stereocenters. The summed E-state index contributed by atoms with van der Waals surface area (Å²) in [6.07, 6.45) is 2.05. The van der Waals surface area contributed by atoms with E-state index in [1.165, 1.54) is 27.8 Å². The summed E-state index contributed by atoms with van der Waals surface area (Å²) >= 11 is 0. The second kappa shape index (κ2) is 15.3. The van der Waals surface area contributed by atoms with Crippen molar-refractivity contribution < 1.29 is 14.3 Å². The average molecular weight is 559 g/mol. The SMILES string of the molecule is CC.Cc1ccc(OC=O)cc1.Cc1ccc2c(c1)c1c(n2N)C(c2ccc(OCCCN(C)C)cc2)N(C)CC1. The fraction of sp³-hybridized carbons (Fsp3) is 0.382. The smallest absolute Gasteiger partial charge is 0.298 e. The van der Waals surface area contributed by atoms with Crippen LogP contribution >= 0.6 is 0 Å². The molecule has 0 spiro atoms. The average Bonchev–Trinajstić information content (AvgIpc) is 3.25. The summed E-state index contributed by atoms with van der Waals surface area (Å²) < 4.78 is 12.4. The van der Waals surface area contributed by atoms with Crippen LogP contribution in [0.15, 0.2) is 66.7 Å². The predicted molar refractivity (Wildman–Crippen MR) is 169 cm³/mol. The van der Waals surface area contributed by atoms with Gasteiger partial charge in [-0.25, -0.2) is 0 Å². The zero-order valence-electron chi connectivity index (χ0n) is 25.7. The summed E-state index contributed by atoms with van der Waals surface area (Å²) in [4.78, 5) is 14.4. The van der Waals surface area contributed by atoms with Crippen LogP contribution in [0.2, 0.25) is 0 Å². The van der Waals surface area contributed by atoms with Crippen molar-refractivity contribution in [2.24, 2.45) is 0 Å². The summed E-state index contributed by atoms with van der Waals surface area (Å²) in [5.74, 6) is 8.11. The van der Waals surface area contributed by atoms with Crippen molar-refractivity contribution >= 4 is 17.4 Å². The lowest BCUT2D eigenvalue weighted by molar-refractivity contribution is -0.120. The number of ether oxygens (including phenoxy) is 2. The third-order valence-corrected chi connectivity index (χ3v) is 7.14. The van der Waals surface area contributed by atoms with E-state index < -0.39 is 0 Å². The Morgan fingerprint density at radius 2 is 1.59 bits per heavy atom. The van der Waals surface area contributed by atoms with E-state index in [1.807, 2.05) is 37.6 Å². The van der Waals surface area contributed by atoms with Crippen molar-refractivity contribution in [1.82, 2.24) is 14.5 Å². The molecule has 3 aromatic carbocycles. The van der Waals surface area contributed by atoms with E-state index >= 15 is 0 Å². The van der Waals surface area contributed by atoms with Crippen LogP contribution in [0.4, 0.5) is 0 Å². The van der Waals surface area contributed by atoms with Gasteiger partial charge in [-0.15, -0.1) is 0 Å². The Bertz CT molecular complexity index is 1380. The monoisotopic (exact) mass is 558 g/mol. The Balaban J connectivity index is 0.000000324. The predicted octanol–water partition coefficient (Wildman–Crippen LogP) is 6.13. The minimum Gasteiger partial charge on any atom is -0.494 e. The quantitative estimate of drug-likeness (QED) is 0.159. The molecule has 1 aliphatic heterocycles. The van der Waals surface area contributed by atoms with Gasteiger partial charge in [0.2, 0.25) is 0 Å². The van der Waals surface area contributed by atoms with Gasteiger partial charge in [0.25, 0.3) is 6.47 Å². The van der Waals surface area contributed by atoms with Crippen LogP contribution < -0.4 is 15.3 Å². The highest BCUT2D eigenvalue weighted by Crippen LogP contribution is 2.39. The molecule has 0 saturated heterocycles. The number of nitrogen functional groups attached to an aromatic ring is 1. The minimum absolute atomic E-state index is 0.152. The summed E-state index contributed by atoms with van der Waals surface area (Å²) in [7, 11) is 6.35. The second-order valence-electron chi connectivity index (χ2n) is 10.5. The highest BCUT2D eigenvalue weighted by molar-refractivity contribution is 5.87. The third kappa shape index (κ3) is 8.12. The van der Waals surface area contributed by atoms with Gasteiger partial charge in [-0.3, -0.25) is 14.4 Å². The van der Waals surface area contributed by atoms with Gasteiger partial charge in [-0.2, -0.15) is 0 Å². The maximum Gasteiger partial charge on any atom is 0.298 e. The molecule has 0 fully saturated rings. The molecule has 7 heteroatoms. The topological polar surface area (TPSA) is 73.0 Å². The van der Waals surface area contributed by atoms with E-state index in [2.05, 4.69) is 85.1 Å². The van der Waals surface area contributed by atoms with Crippen LogP contribution in [-0.2, 0) is 11.2 Å². The van der Waals surface area contributed by atoms with Gasteiger partial charge in [-0.05, 0) is 95.4 Å². The van der Waals surface area contributed by atoms with E-state index in [0.717, 1.165) is 49.4 Å². The number of benzene rings is 3. The first kappa shape index (κ1) is 31.7. The molecule has 0 radical (unpaired) electrons. The zero-order chi connectivity index (χ0) is 29.9. The van der Waals surface area contributed by atoms with Crippen molar-refractivity contribution in [1.29, 1.82) is 0 Å². The minimum atomic E-state index is 0.152. The first-order chi connectivity index (χ1) is 19.8. The molecule has 0 saturated carbocycles. The lowest BCUT2D eigenvalue weighted by atomic mass is 9.92. The van der Waals surface area contributed by atoms with Crippen LogP contribution in [0, 0.1) is 13.8 Å². The van der Waals surface area contributed by atoms with Crippen LogP contribution in [0.1, 0.15) is 54.3 Å². The summed E-state index contributed by atoms with van der Waals surface area (Å²) in [6.45, 7) is 11.3. The number of carbonyl (C=O) groups is 1. The molecule has 0 bridgehead atoms. The van der Waals surface area contributed by atoms with Gasteiger partial charge < -0.3 is 20.2 Å². The van der Waals surface area contributed by atoms with Crippen molar-refractivity contribution in [2.45, 2.75) is 46.6 Å². The number of fused-ring (bicyclic) bond motifs is 3. The number of rotatable bonds is 8. The first-order valence-corrected chi connectivity index (χ1v) is 14.4. The van der Waals surface area contributed by atoms with E-state index in [9.17, 15) is 4.79 Å². The molecular formula is C34H46N4O3. The summed E-state index contributed by atoms with van der Waals surface area (Å²) in [6, 6.07) is 22.5. The molecule has 1 aromatic heterocycles. The fourth-order valence-corrected chi connectivity index (χ4v) is 5.10. The van der Waals surface area contributed by atoms with E-state index in [4.69, 9.17) is 10.6 Å². The van der Waals surface area contributed by atoms with Crippen LogP contribution in [0.3, 0.4) is 0 Å². The fourth-order valence-electron chi connectivity index (χ4n) is 5.10. The van der Waals surface area contributed by atoms with Gasteiger partial charge in [-0.1, -0.05) is 55.3 Å². The Morgan fingerprint density at radius 3 is 2.22 bits per heavy atom. The largest absolute Gasteiger partial charge is 0.494 e. The molecule has 1 aliphatic rings. The third-order valence-electron chi connectivity index (χ3n) is 7.14. The number of carbonyl (C=O) groups excluding carboxylic acids is 1. The van der Waals surface area contributed by atoms with E-state index in [-0.39, 0.29) is 6.04 Å². The number of nitrogens with two attached hydrogens (primary N) is 1. The lowest BCUT2D eigenvalue weighted by Crippen LogP contribution is -2.35. The van der Waals surface area contributed by atoms with Gasteiger partial charge in [0.05, 0.1) is 23.9 Å². The Hall–Kier alpha value is -3.81. The summed E-state index contributed by atoms with van der Waals surface area (Å²) in [5, 5.41) is 1.29. The molecule has 5 rings (SSSR count). The van der Waals surface area contributed by atoms with Gasteiger partial charge in [0, 0.05) is 18.5 Å². The molecule has 220 valence electrons.